The predicted octanol–water partition coefficient (Wildman–Crippen LogP) is 4.82. The number of nitro groups is 1. The van der Waals surface area contributed by atoms with E-state index in [1.165, 1.54) is 31.4 Å². The molecule has 0 aliphatic carbocycles. The SMILES string of the molecule is COc1cc(/C=C2/SC(=O)N(CC(=O)OC(C)C)C2=O)cc(Cl)c1OCc1ccc([N+](=O)[O-])cc1. The molecule has 0 saturated carbocycles. The number of ether oxygens (including phenoxy) is 3. The molecule has 12 heteroatoms. The summed E-state index contributed by atoms with van der Waals surface area (Å²) in [6.07, 6.45) is 1.10. The Bertz CT molecular complexity index is 1200. The van der Waals surface area contributed by atoms with Gasteiger partial charge in [-0.2, -0.15) is 0 Å². The van der Waals surface area contributed by atoms with Crippen LogP contribution in [0.3, 0.4) is 0 Å². The Morgan fingerprint density at radius 1 is 1.23 bits per heavy atom. The van der Waals surface area contributed by atoms with Gasteiger partial charge < -0.3 is 14.2 Å². The Morgan fingerprint density at radius 3 is 2.51 bits per heavy atom. The van der Waals surface area contributed by atoms with Crippen LogP contribution in [0.2, 0.25) is 5.02 Å². The molecule has 10 nitrogen and oxygen atoms in total. The van der Waals surface area contributed by atoms with Crippen molar-refractivity contribution in [2.45, 2.75) is 26.6 Å². The Balaban J connectivity index is 1.76. The zero-order chi connectivity index (χ0) is 25.7. The predicted molar refractivity (Wildman–Crippen MR) is 129 cm³/mol. The van der Waals surface area contributed by atoms with Crippen LogP contribution in [0.4, 0.5) is 10.5 Å². The second-order valence-electron chi connectivity index (χ2n) is 7.55. The van der Waals surface area contributed by atoms with Gasteiger partial charge in [0.15, 0.2) is 11.5 Å². The lowest BCUT2D eigenvalue weighted by molar-refractivity contribution is -0.384. The molecule has 0 aromatic heterocycles. The molecule has 0 unspecified atom stereocenters. The van der Waals surface area contributed by atoms with Gasteiger partial charge in [0.25, 0.3) is 16.8 Å². The number of rotatable bonds is 9. The number of carbonyl (C=O) groups excluding carboxylic acids is 3. The Labute approximate surface area is 209 Å². The number of nitro benzene ring substituents is 1. The molecule has 0 bridgehead atoms. The van der Waals surface area contributed by atoms with E-state index in [1.54, 1.807) is 32.0 Å². The highest BCUT2D eigenvalue weighted by atomic mass is 35.5. The van der Waals surface area contributed by atoms with Crippen molar-refractivity contribution >= 4 is 52.2 Å². The van der Waals surface area contributed by atoms with Crippen molar-refractivity contribution in [3.8, 4) is 11.5 Å². The summed E-state index contributed by atoms with van der Waals surface area (Å²) in [6.45, 7) is 2.95. The molecule has 1 fully saturated rings. The number of esters is 1. The van der Waals surface area contributed by atoms with Crippen LogP contribution in [0.15, 0.2) is 41.3 Å². The maximum absolute atomic E-state index is 12.7. The van der Waals surface area contributed by atoms with Crippen LogP contribution >= 0.6 is 23.4 Å². The number of carbonyl (C=O) groups is 3. The highest BCUT2D eigenvalue weighted by Crippen LogP contribution is 2.39. The first-order chi connectivity index (χ1) is 16.6. The fourth-order valence-electron chi connectivity index (χ4n) is 3.05. The van der Waals surface area contributed by atoms with E-state index < -0.39 is 28.6 Å². The second kappa shape index (κ2) is 11.2. The minimum Gasteiger partial charge on any atom is -0.493 e. The van der Waals surface area contributed by atoms with Crippen molar-refractivity contribution in [2.75, 3.05) is 13.7 Å². The fraction of sp³-hybridized carbons (Fsp3) is 0.261. The molecule has 2 aromatic carbocycles. The lowest BCUT2D eigenvalue weighted by atomic mass is 10.1. The number of imide groups is 1. The van der Waals surface area contributed by atoms with Gasteiger partial charge in [-0.15, -0.1) is 0 Å². The summed E-state index contributed by atoms with van der Waals surface area (Å²) in [7, 11) is 1.42. The van der Waals surface area contributed by atoms with E-state index in [0.29, 0.717) is 22.9 Å². The molecule has 35 heavy (non-hydrogen) atoms. The van der Waals surface area contributed by atoms with Crippen LogP contribution in [0.25, 0.3) is 6.08 Å². The molecule has 0 radical (unpaired) electrons. The largest absolute Gasteiger partial charge is 0.493 e. The number of hydrogen-bond donors (Lipinski definition) is 0. The first kappa shape index (κ1) is 26.0. The van der Waals surface area contributed by atoms with Crippen LogP contribution in [0.5, 0.6) is 11.5 Å². The highest BCUT2D eigenvalue weighted by Gasteiger charge is 2.36. The third-order valence-corrected chi connectivity index (χ3v) is 5.80. The molecule has 1 aliphatic rings. The van der Waals surface area contributed by atoms with E-state index >= 15 is 0 Å². The van der Waals surface area contributed by atoms with Gasteiger partial charge in [-0.3, -0.25) is 29.4 Å². The van der Waals surface area contributed by atoms with Gasteiger partial charge in [0.2, 0.25) is 0 Å². The molecule has 1 heterocycles. The first-order valence-corrected chi connectivity index (χ1v) is 11.5. The fourth-order valence-corrected chi connectivity index (χ4v) is 4.16. The summed E-state index contributed by atoms with van der Waals surface area (Å²) >= 11 is 7.09. The normalized spacial score (nSPS) is 14.5. The van der Waals surface area contributed by atoms with Gasteiger partial charge in [0, 0.05) is 12.1 Å². The monoisotopic (exact) mass is 520 g/mol. The maximum atomic E-state index is 12.7. The number of benzene rings is 2. The summed E-state index contributed by atoms with van der Waals surface area (Å²) in [6, 6.07) is 9.00. The standard InChI is InChI=1S/C23H21ClN2O8S/c1-13(2)34-20(27)11-25-22(28)19(35-23(25)29)10-15-8-17(24)21(18(9-15)32-3)33-12-14-4-6-16(7-5-14)26(30)31/h4-10,13H,11-12H2,1-3H3/b19-10+. The smallest absolute Gasteiger partial charge is 0.326 e. The van der Waals surface area contributed by atoms with E-state index in [4.69, 9.17) is 25.8 Å². The molecule has 0 N–H and O–H groups in total. The van der Waals surface area contributed by atoms with Gasteiger partial charge in [0.1, 0.15) is 13.2 Å². The maximum Gasteiger partial charge on any atom is 0.326 e. The minimum atomic E-state index is -0.678. The molecule has 1 aliphatic heterocycles. The molecular weight excluding hydrogens is 500 g/mol. The first-order valence-electron chi connectivity index (χ1n) is 10.3. The van der Waals surface area contributed by atoms with E-state index in [9.17, 15) is 24.5 Å². The Hall–Kier alpha value is -3.57. The van der Waals surface area contributed by atoms with Crippen molar-refractivity contribution in [1.29, 1.82) is 0 Å². The van der Waals surface area contributed by atoms with Gasteiger partial charge in [-0.05, 0) is 67.1 Å². The van der Waals surface area contributed by atoms with Gasteiger partial charge in [-0.25, -0.2) is 0 Å². The van der Waals surface area contributed by atoms with Crippen molar-refractivity contribution < 1.29 is 33.5 Å². The van der Waals surface area contributed by atoms with Crippen molar-refractivity contribution in [2.24, 2.45) is 0 Å². The molecule has 1 saturated heterocycles. The minimum absolute atomic E-state index is 0.0325. The lowest BCUT2D eigenvalue weighted by Gasteiger charge is -2.14. The van der Waals surface area contributed by atoms with Crippen LogP contribution in [-0.2, 0) is 20.9 Å². The lowest BCUT2D eigenvalue weighted by Crippen LogP contribution is -2.35. The number of hydrogen-bond acceptors (Lipinski definition) is 9. The Morgan fingerprint density at radius 2 is 1.91 bits per heavy atom. The summed E-state index contributed by atoms with van der Waals surface area (Å²) in [5, 5.41) is 10.4. The number of nitrogens with zero attached hydrogens (tertiary/aromatic N) is 2. The Kier molecular flexibility index (Phi) is 8.36. The molecular formula is C23H21ClN2O8S. The van der Waals surface area contributed by atoms with Crippen molar-refractivity contribution in [1.82, 2.24) is 4.90 Å². The van der Waals surface area contributed by atoms with E-state index in [-0.39, 0.29) is 39.8 Å². The summed E-state index contributed by atoms with van der Waals surface area (Å²) in [5.41, 5.74) is 1.13. The summed E-state index contributed by atoms with van der Waals surface area (Å²) < 4.78 is 16.1. The second-order valence-corrected chi connectivity index (χ2v) is 8.95. The number of halogens is 1. The zero-order valence-electron chi connectivity index (χ0n) is 19.0. The molecule has 2 aromatic rings. The average Bonchev–Trinajstić information content (AvgIpc) is 3.05. The number of non-ortho nitro benzene ring substituents is 1. The number of methoxy groups -OCH3 is 1. The third kappa shape index (κ3) is 6.52. The molecule has 3 rings (SSSR count). The van der Waals surface area contributed by atoms with Crippen molar-refractivity contribution in [3.63, 3.8) is 0 Å². The topological polar surface area (TPSA) is 125 Å². The van der Waals surface area contributed by atoms with Gasteiger partial charge >= 0.3 is 5.97 Å². The quantitative estimate of drug-likeness (QED) is 0.198. The molecule has 0 atom stereocenters. The van der Waals surface area contributed by atoms with Crippen LogP contribution in [-0.4, -0.2) is 46.7 Å². The number of amides is 2. The third-order valence-electron chi connectivity index (χ3n) is 4.61. The van der Waals surface area contributed by atoms with Crippen molar-refractivity contribution in [3.05, 3.63) is 67.6 Å². The molecule has 0 spiro atoms. The van der Waals surface area contributed by atoms with Crippen LogP contribution in [0, 0.1) is 10.1 Å². The van der Waals surface area contributed by atoms with Crippen LogP contribution < -0.4 is 9.47 Å². The molecule has 184 valence electrons. The van der Waals surface area contributed by atoms with Crippen LogP contribution in [0.1, 0.15) is 25.0 Å². The van der Waals surface area contributed by atoms with Gasteiger partial charge in [-0.1, -0.05) is 11.6 Å². The van der Waals surface area contributed by atoms with E-state index in [0.717, 1.165) is 4.90 Å². The summed E-state index contributed by atoms with van der Waals surface area (Å²) in [4.78, 5) is 48.0. The summed E-state index contributed by atoms with van der Waals surface area (Å²) in [5.74, 6) is -0.767. The average molecular weight is 521 g/mol. The highest BCUT2D eigenvalue weighted by molar-refractivity contribution is 8.18. The molecule has 2 amide bonds. The van der Waals surface area contributed by atoms with E-state index in [2.05, 4.69) is 0 Å². The van der Waals surface area contributed by atoms with E-state index in [1.807, 2.05) is 0 Å². The van der Waals surface area contributed by atoms with Gasteiger partial charge in [0.05, 0.1) is 28.1 Å². The zero-order valence-corrected chi connectivity index (χ0v) is 20.6. The number of thioether (sulfide) groups is 1.